The lowest BCUT2D eigenvalue weighted by Crippen LogP contribution is -2.30. The van der Waals surface area contributed by atoms with Crippen molar-refractivity contribution in [2.45, 2.75) is 10.3 Å². The Balaban J connectivity index is 2.74. The summed E-state index contributed by atoms with van der Waals surface area (Å²) in [4.78, 5) is 0.148. The van der Waals surface area contributed by atoms with Crippen molar-refractivity contribution in [2.75, 3.05) is 12.4 Å². The minimum Gasteiger partial charge on any atom is -0.210 e. The molecule has 0 aliphatic carbocycles. The topological polar surface area (TPSA) is 46.2 Å². The zero-order chi connectivity index (χ0) is 12.2. The summed E-state index contributed by atoms with van der Waals surface area (Å²) in [7, 11) is -3.53. The van der Waals surface area contributed by atoms with Crippen LogP contribution in [0.15, 0.2) is 29.2 Å². The first kappa shape index (κ1) is 14.1. The van der Waals surface area contributed by atoms with E-state index in [0.717, 1.165) is 0 Å². The van der Waals surface area contributed by atoms with Crippen LogP contribution in [-0.2, 0) is 10.0 Å². The van der Waals surface area contributed by atoms with Crippen LogP contribution in [0.5, 0.6) is 0 Å². The maximum absolute atomic E-state index is 11.7. The Hall–Kier alpha value is -0.000000000000000167. The standard InChI is InChI=1S/C9H10Cl3NO2S/c10-5-8(12)6-13-16(14,15)9-3-1-7(11)2-4-9/h1-4,8,13H,5-6H2. The minimum atomic E-state index is -3.53. The molecule has 0 aromatic heterocycles. The van der Waals surface area contributed by atoms with Crippen LogP contribution in [0.3, 0.4) is 0 Å². The van der Waals surface area contributed by atoms with Crippen LogP contribution in [0, 0.1) is 0 Å². The number of rotatable bonds is 5. The molecule has 7 heteroatoms. The largest absolute Gasteiger partial charge is 0.240 e. The third-order valence-corrected chi connectivity index (χ3v) is 4.32. The highest BCUT2D eigenvalue weighted by atomic mass is 35.5. The molecular formula is C9H10Cl3NO2S. The highest BCUT2D eigenvalue weighted by molar-refractivity contribution is 7.89. The molecule has 0 heterocycles. The van der Waals surface area contributed by atoms with Crippen LogP contribution < -0.4 is 4.72 Å². The molecule has 1 atom stereocenters. The van der Waals surface area contributed by atoms with Crippen molar-refractivity contribution in [3.8, 4) is 0 Å². The molecule has 0 aliphatic heterocycles. The first-order valence-electron chi connectivity index (χ1n) is 4.41. The SMILES string of the molecule is O=S(=O)(NCC(Cl)CCl)c1ccc(Cl)cc1. The quantitative estimate of drug-likeness (QED) is 0.849. The second kappa shape index (κ2) is 6.07. The number of hydrogen-bond acceptors (Lipinski definition) is 2. The Bertz CT molecular complexity index is 433. The van der Waals surface area contributed by atoms with Gasteiger partial charge in [-0.05, 0) is 24.3 Å². The molecule has 16 heavy (non-hydrogen) atoms. The summed E-state index contributed by atoms with van der Waals surface area (Å²) in [6.07, 6.45) is 0. The van der Waals surface area contributed by atoms with E-state index >= 15 is 0 Å². The number of hydrogen-bond donors (Lipinski definition) is 1. The molecule has 0 fully saturated rings. The van der Waals surface area contributed by atoms with E-state index in [1.54, 1.807) is 0 Å². The van der Waals surface area contributed by atoms with Gasteiger partial charge in [-0.2, -0.15) is 0 Å². The summed E-state index contributed by atoms with van der Waals surface area (Å²) >= 11 is 16.8. The predicted octanol–water partition coefficient (Wildman–Crippen LogP) is 2.46. The second-order valence-electron chi connectivity index (χ2n) is 3.06. The molecule has 0 bridgehead atoms. The van der Waals surface area contributed by atoms with Gasteiger partial charge in [0.1, 0.15) is 0 Å². The first-order valence-corrected chi connectivity index (χ1v) is 7.24. The molecule has 1 N–H and O–H groups in total. The molecule has 0 saturated carbocycles. The monoisotopic (exact) mass is 301 g/mol. The summed E-state index contributed by atoms with van der Waals surface area (Å²) in [6, 6.07) is 5.87. The minimum absolute atomic E-state index is 0.0933. The van der Waals surface area contributed by atoms with Crippen molar-refractivity contribution < 1.29 is 8.42 Å². The lowest BCUT2D eigenvalue weighted by molar-refractivity contribution is 0.581. The molecule has 0 spiro atoms. The highest BCUT2D eigenvalue weighted by Crippen LogP contribution is 2.13. The third-order valence-electron chi connectivity index (χ3n) is 1.79. The molecule has 1 unspecified atom stereocenters. The Morgan fingerprint density at radius 2 is 1.81 bits per heavy atom. The Kier molecular flexibility index (Phi) is 5.34. The van der Waals surface area contributed by atoms with E-state index in [-0.39, 0.29) is 17.3 Å². The lowest BCUT2D eigenvalue weighted by Gasteiger charge is -2.08. The molecule has 1 aromatic rings. The van der Waals surface area contributed by atoms with Gasteiger partial charge in [-0.1, -0.05) is 11.6 Å². The normalized spacial score (nSPS) is 13.7. The van der Waals surface area contributed by atoms with E-state index in [1.165, 1.54) is 24.3 Å². The molecule has 0 aliphatic rings. The molecule has 0 amide bonds. The molecule has 3 nitrogen and oxygen atoms in total. The van der Waals surface area contributed by atoms with Crippen LogP contribution in [-0.4, -0.2) is 26.2 Å². The Morgan fingerprint density at radius 3 is 2.31 bits per heavy atom. The van der Waals surface area contributed by atoms with Gasteiger partial charge >= 0.3 is 0 Å². The van der Waals surface area contributed by atoms with E-state index < -0.39 is 15.4 Å². The van der Waals surface area contributed by atoms with Crippen LogP contribution in [0.2, 0.25) is 5.02 Å². The van der Waals surface area contributed by atoms with Gasteiger partial charge in [-0.3, -0.25) is 0 Å². The highest BCUT2D eigenvalue weighted by Gasteiger charge is 2.15. The van der Waals surface area contributed by atoms with Gasteiger partial charge in [-0.25, -0.2) is 13.1 Å². The molecule has 90 valence electrons. The fraction of sp³-hybridized carbons (Fsp3) is 0.333. The fourth-order valence-corrected chi connectivity index (χ4v) is 2.44. The van der Waals surface area contributed by atoms with E-state index in [9.17, 15) is 8.42 Å². The number of nitrogens with one attached hydrogen (secondary N) is 1. The van der Waals surface area contributed by atoms with E-state index in [1.807, 2.05) is 0 Å². The fourth-order valence-electron chi connectivity index (χ4n) is 0.952. The van der Waals surface area contributed by atoms with Gasteiger partial charge in [0.2, 0.25) is 10.0 Å². The number of halogens is 3. The van der Waals surface area contributed by atoms with E-state index in [4.69, 9.17) is 34.8 Å². The first-order chi connectivity index (χ1) is 7.45. The maximum atomic E-state index is 11.7. The van der Waals surface area contributed by atoms with Gasteiger partial charge in [0.15, 0.2) is 0 Å². The Morgan fingerprint density at radius 1 is 1.25 bits per heavy atom. The van der Waals surface area contributed by atoms with E-state index in [2.05, 4.69) is 4.72 Å². The summed E-state index contributed by atoms with van der Waals surface area (Å²) < 4.78 is 25.8. The van der Waals surface area contributed by atoms with Gasteiger partial charge in [0, 0.05) is 17.4 Å². The predicted molar refractivity (Wildman–Crippen MR) is 67.0 cm³/mol. The molecule has 1 rings (SSSR count). The zero-order valence-corrected chi connectivity index (χ0v) is 11.2. The smallest absolute Gasteiger partial charge is 0.210 e. The summed E-state index contributed by atoms with van der Waals surface area (Å²) in [5, 5.41) is 0.0543. The zero-order valence-electron chi connectivity index (χ0n) is 8.16. The molecule has 0 radical (unpaired) electrons. The van der Waals surface area contributed by atoms with Crippen molar-refractivity contribution in [2.24, 2.45) is 0 Å². The van der Waals surface area contributed by atoms with Gasteiger partial charge in [-0.15, -0.1) is 23.2 Å². The van der Waals surface area contributed by atoms with Crippen molar-refractivity contribution >= 4 is 44.8 Å². The maximum Gasteiger partial charge on any atom is 0.240 e. The number of sulfonamides is 1. The third kappa shape index (κ3) is 4.11. The van der Waals surface area contributed by atoms with Gasteiger partial charge in [0.25, 0.3) is 0 Å². The average molecular weight is 303 g/mol. The van der Waals surface area contributed by atoms with Gasteiger partial charge < -0.3 is 0 Å². The molecule has 0 saturated heterocycles. The second-order valence-corrected chi connectivity index (χ2v) is 6.19. The van der Waals surface area contributed by atoms with Crippen molar-refractivity contribution in [1.82, 2.24) is 4.72 Å². The van der Waals surface area contributed by atoms with E-state index in [0.29, 0.717) is 5.02 Å². The van der Waals surface area contributed by atoms with Crippen molar-refractivity contribution in [3.63, 3.8) is 0 Å². The van der Waals surface area contributed by atoms with Crippen molar-refractivity contribution in [3.05, 3.63) is 29.3 Å². The van der Waals surface area contributed by atoms with Crippen molar-refractivity contribution in [1.29, 1.82) is 0 Å². The number of benzene rings is 1. The van der Waals surface area contributed by atoms with Crippen LogP contribution in [0.4, 0.5) is 0 Å². The molecular weight excluding hydrogens is 293 g/mol. The van der Waals surface area contributed by atoms with Crippen LogP contribution in [0.1, 0.15) is 0 Å². The van der Waals surface area contributed by atoms with Gasteiger partial charge in [0.05, 0.1) is 10.3 Å². The lowest BCUT2D eigenvalue weighted by atomic mass is 10.4. The summed E-state index contributed by atoms with van der Waals surface area (Å²) in [5.41, 5.74) is 0. The molecule has 1 aromatic carbocycles. The Labute approximate surface area is 110 Å². The number of alkyl halides is 2. The van der Waals surface area contributed by atoms with Crippen LogP contribution in [0.25, 0.3) is 0 Å². The summed E-state index contributed by atoms with van der Waals surface area (Å²) in [5.74, 6) is 0.185. The summed E-state index contributed by atoms with van der Waals surface area (Å²) in [6.45, 7) is 0.0933. The van der Waals surface area contributed by atoms with Crippen LogP contribution >= 0.6 is 34.8 Å². The average Bonchev–Trinajstić information content (AvgIpc) is 2.26.